The van der Waals surface area contributed by atoms with Crippen LogP contribution < -0.4 is 10.6 Å². The molecule has 0 spiro atoms. The SMILES string of the molecule is CN(Cc1ccc(Cl)s1)c1ccc(C(F)(F)F)cc1N. The van der Waals surface area contributed by atoms with Crippen molar-refractivity contribution in [2.24, 2.45) is 0 Å². The molecule has 108 valence electrons. The van der Waals surface area contributed by atoms with E-state index in [9.17, 15) is 13.2 Å². The molecule has 0 aliphatic rings. The van der Waals surface area contributed by atoms with Crippen molar-refractivity contribution < 1.29 is 13.2 Å². The van der Waals surface area contributed by atoms with Gasteiger partial charge in [-0.15, -0.1) is 11.3 Å². The first-order chi connectivity index (χ1) is 9.27. The summed E-state index contributed by atoms with van der Waals surface area (Å²) in [5.74, 6) is 0. The molecule has 2 rings (SSSR count). The van der Waals surface area contributed by atoms with Crippen molar-refractivity contribution in [2.75, 3.05) is 17.7 Å². The van der Waals surface area contributed by atoms with E-state index in [1.165, 1.54) is 17.4 Å². The zero-order chi connectivity index (χ0) is 14.9. The standard InChI is InChI=1S/C13H12ClF3N2S/c1-19(7-9-3-5-12(14)20-9)11-4-2-8(6-10(11)18)13(15,16)17/h2-6H,7,18H2,1H3. The zero-order valence-electron chi connectivity index (χ0n) is 10.5. The normalized spacial score (nSPS) is 11.7. The molecule has 2 N–H and O–H groups in total. The molecule has 0 fully saturated rings. The number of hydrogen-bond acceptors (Lipinski definition) is 3. The summed E-state index contributed by atoms with van der Waals surface area (Å²) in [6, 6.07) is 7.03. The Morgan fingerprint density at radius 2 is 1.95 bits per heavy atom. The van der Waals surface area contributed by atoms with Crippen LogP contribution in [-0.4, -0.2) is 7.05 Å². The van der Waals surface area contributed by atoms with E-state index in [-0.39, 0.29) is 5.69 Å². The van der Waals surface area contributed by atoms with Crippen molar-refractivity contribution >= 4 is 34.3 Å². The smallest absolute Gasteiger partial charge is 0.397 e. The Bertz CT molecular complexity index is 610. The summed E-state index contributed by atoms with van der Waals surface area (Å²) in [5.41, 5.74) is 5.63. The van der Waals surface area contributed by atoms with E-state index in [2.05, 4.69) is 0 Å². The van der Waals surface area contributed by atoms with Crippen LogP contribution in [0.3, 0.4) is 0 Å². The van der Waals surface area contributed by atoms with Gasteiger partial charge in [-0.1, -0.05) is 11.6 Å². The summed E-state index contributed by atoms with van der Waals surface area (Å²) >= 11 is 7.27. The molecule has 20 heavy (non-hydrogen) atoms. The molecule has 2 nitrogen and oxygen atoms in total. The lowest BCUT2D eigenvalue weighted by atomic mass is 10.1. The minimum absolute atomic E-state index is 0.102. The quantitative estimate of drug-likeness (QED) is 0.835. The Labute approximate surface area is 123 Å². The van der Waals surface area contributed by atoms with Crippen molar-refractivity contribution in [1.29, 1.82) is 0 Å². The number of alkyl halides is 3. The summed E-state index contributed by atoms with van der Waals surface area (Å²) in [6.45, 7) is 0.535. The number of nitrogens with two attached hydrogens (primary N) is 1. The molecular formula is C13H12ClF3N2S. The second-order valence-electron chi connectivity index (χ2n) is 4.33. The molecule has 1 aromatic carbocycles. The minimum Gasteiger partial charge on any atom is -0.397 e. The molecular weight excluding hydrogens is 309 g/mol. The van der Waals surface area contributed by atoms with Crippen LogP contribution in [0.5, 0.6) is 0 Å². The Balaban J connectivity index is 2.20. The molecule has 0 aliphatic heterocycles. The highest BCUT2D eigenvalue weighted by atomic mass is 35.5. The second kappa shape index (κ2) is 5.54. The van der Waals surface area contributed by atoms with Crippen LogP contribution in [0.4, 0.5) is 24.5 Å². The number of rotatable bonds is 3. The number of benzene rings is 1. The fourth-order valence-corrected chi connectivity index (χ4v) is 2.98. The average Bonchev–Trinajstić information content (AvgIpc) is 2.73. The van der Waals surface area contributed by atoms with E-state index < -0.39 is 11.7 Å². The van der Waals surface area contributed by atoms with Crippen molar-refractivity contribution in [2.45, 2.75) is 12.7 Å². The molecule has 2 aromatic rings. The first kappa shape index (κ1) is 15.0. The highest BCUT2D eigenvalue weighted by Crippen LogP contribution is 2.34. The van der Waals surface area contributed by atoms with E-state index in [0.29, 0.717) is 16.6 Å². The first-order valence-electron chi connectivity index (χ1n) is 5.69. The molecule has 1 aromatic heterocycles. The number of hydrogen-bond donors (Lipinski definition) is 1. The maximum Gasteiger partial charge on any atom is 0.416 e. The van der Waals surface area contributed by atoms with Gasteiger partial charge in [0.2, 0.25) is 0 Å². The van der Waals surface area contributed by atoms with E-state index >= 15 is 0 Å². The van der Waals surface area contributed by atoms with Gasteiger partial charge in [-0.05, 0) is 30.3 Å². The van der Waals surface area contributed by atoms with E-state index in [0.717, 1.165) is 17.0 Å². The number of nitrogens with zero attached hydrogens (tertiary/aromatic N) is 1. The number of anilines is 2. The van der Waals surface area contributed by atoms with Crippen LogP contribution in [0, 0.1) is 0 Å². The molecule has 0 unspecified atom stereocenters. The molecule has 0 bridgehead atoms. The van der Waals surface area contributed by atoms with Crippen LogP contribution in [0.1, 0.15) is 10.4 Å². The van der Waals surface area contributed by atoms with Crippen LogP contribution >= 0.6 is 22.9 Å². The number of nitrogen functional groups attached to an aromatic ring is 1. The van der Waals surface area contributed by atoms with Crippen molar-refractivity contribution in [3.05, 3.63) is 45.1 Å². The second-order valence-corrected chi connectivity index (χ2v) is 6.13. The van der Waals surface area contributed by atoms with E-state index in [1.807, 2.05) is 6.07 Å². The van der Waals surface area contributed by atoms with Gasteiger partial charge in [-0.25, -0.2) is 0 Å². The molecule has 0 amide bonds. The molecule has 1 heterocycles. The Morgan fingerprint density at radius 1 is 1.25 bits per heavy atom. The third-order valence-corrected chi connectivity index (χ3v) is 4.00. The zero-order valence-corrected chi connectivity index (χ0v) is 12.1. The molecule has 0 atom stereocenters. The average molecular weight is 321 g/mol. The maximum absolute atomic E-state index is 12.6. The third kappa shape index (κ3) is 3.37. The predicted octanol–water partition coefficient (Wildman–Crippen LogP) is 4.64. The first-order valence-corrected chi connectivity index (χ1v) is 6.89. The van der Waals surface area contributed by atoms with E-state index in [4.69, 9.17) is 17.3 Å². The predicted molar refractivity (Wildman–Crippen MR) is 77.3 cm³/mol. The Kier molecular flexibility index (Phi) is 4.15. The lowest BCUT2D eigenvalue weighted by molar-refractivity contribution is -0.137. The lowest BCUT2D eigenvalue weighted by Gasteiger charge is -2.21. The van der Waals surface area contributed by atoms with Crippen molar-refractivity contribution in [3.63, 3.8) is 0 Å². The summed E-state index contributed by atoms with van der Waals surface area (Å²) in [6.07, 6.45) is -4.38. The van der Waals surface area contributed by atoms with Crippen molar-refractivity contribution in [3.8, 4) is 0 Å². The third-order valence-electron chi connectivity index (χ3n) is 2.79. The van der Waals surface area contributed by atoms with Gasteiger partial charge in [0.25, 0.3) is 0 Å². The summed E-state index contributed by atoms with van der Waals surface area (Å²) in [5, 5.41) is 0. The molecule has 7 heteroatoms. The van der Waals surface area contributed by atoms with Crippen LogP contribution in [0.2, 0.25) is 4.34 Å². The fourth-order valence-electron chi connectivity index (χ4n) is 1.83. The van der Waals surface area contributed by atoms with Crippen LogP contribution in [-0.2, 0) is 12.7 Å². The largest absolute Gasteiger partial charge is 0.416 e. The summed E-state index contributed by atoms with van der Waals surface area (Å²) in [7, 11) is 1.77. The molecule has 0 radical (unpaired) electrons. The Hall–Kier alpha value is -1.40. The highest BCUT2D eigenvalue weighted by Gasteiger charge is 2.31. The van der Waals surface area contributed by atoms with Gasteiger partial charge >= 0.3 is 6.18 Å². The van der Waals surface area contributed by atoms with Crippen LogP contribution in [0.15, 0.2) is 30.3 Å². The maximum atomic E-state index is 12.6. The number of thiophene rings is 1. The molecule has 0 aliphatic carbocycles. The minimum atomic E-state index is -4.38. The Morgan fingerprint density at radius 3 is 2.45 bits per heavy atom. The van der Waals surface area contributed by atoms with Crippen LogP contribution in [0.25, 0.3) is 0 Å². The summed E-state index contributed by atoms with van der Waals surface area (Å²) < 4.78 is 38.4. The fraction of sp³-hybridized carbons (Fsp3) is 0.231. The topological polar surface area (TPSA) is 29.3 Å². The van der Waals surface area contributed by atoms with Gasteiger partial charge in [0.1, 0.15) is 0 Å². The van der Waals surface area contributed by atoms with Gasteiger partial charge in [0.05, 0.1) is 27.8 Å². The van der Waals surface area contributed by atoms with Gasteiger partial charge in [-0.2, -0.15) is 13.2 Å². The highest BCUT2D eigenvalue weighted by molar-refractivity contribution is 7.16. The molecule has 0 saturated heterocycles. The number of halogens is 4. The van der Waals surface area contributed by atoms with Crippen molar-refractivity contribution in [1.82, 2.24) is 0 Å². The van der Waals surface area contributed by atoms with Gasteiger partial charge < -0.3 is 10.6 Å². The van der Waals surface area contributed by atoms with Gasteiger partial charge in [-0.3, -0.25) is 0 Å². The van der Waals surface area contributed by atoms with Gasteiger partial charge in [0, 0.05) is 11.9 Å². The monoisotopic (exact) mass is 320 g/mol. The summed E-state index contributed by atoms with van der Waals surface area (Å²) in [4.78, 5) is 2.80. The van der Waals surface area contributed by atoms with Gasteiger partial charge in [0.15, 0.2) is 0 Å². The van der Waals surface area contributed by atoms with E-state index in [1.54, 1.807) is 18.0 Å². The lowest BCUT2D eigenvalue weighted by Crippen LogP contribution is -2.17. The molecule has 0 saturated carbocycles.